The van der Waals surface area contributed by atoms with Crippen molar-refractivity contribution in [2.24, 2.45) is 0 Å². The maximum Gasteiger partial charge on any atom is 0.128 e. The van der Waals surface area contributed by atoms with E-state index in [4.69, 9.17) is 5.41 Å². The van der Waals surface area contributed by atoms with E-state index >= 15 is 0 Å². The van der Waals surface area contributed by atoms with E-state index in [0.29, 0.717) is 4.75 Å². The summed E-state index contributed by atoms with van der Waals surface area (Å²) in [7, 11) is 0. The average molecular weight is 232 g/mol. The number of nitrogens with one attached hydrogen (secondary N) is 1. The maximum absolute atomic E-state index is 8.19. The lowest BCUT2D eigenvalue weighted by Gasteiger charge is -2.23. The van der Waals surface area contributed by atoms with E-state index in [2.05, 4.69) is 29.4 Å². The molecule has 1 saturated carbocycles. The molecule has 1 aromatic rings. The van der Waals surface area contributed by atoms with Crippen molar-refractivity contribution in [3.63, 3.8) is 0 Å². The van der Waals surface area contributed by atoms with Crippen molar-refractivity contribution in [2.75, 3.05) is 12.8 Å². The Balaban J connectivity index is 1.80. The first-order valence-electron chi connectivity index (χ1n) is 5.71. The summed E-state index contributed by atoms with van der Waals surface area (Å²) in [4.78, 5) is 2.23. The normalized spacial score (nSPS) is 21.1. The molecular formula is C13H16N2S. The number of hydrogen-bond donors (Lipinski definition) is 1. The number of nitrogens with zero attached hydrogens (tertiary/aromatic N) is 1. The van der Waals surface area contributed by atoms with Crippen LogP contribution in [-0.4, -0.2) is 28.3 Å². The van der Waals surface area contributed by atoms with Gasteiger partial charge < -0.3 is 4.90 Å². The van der Waals surface area contributed by atoms with Gasteiger partial charge in [0.05, 0.1) is 0 Å². The fourth-order valence-electron chi connectivity index (χ4n) is 2.39. The molecule has 1 aromatic carbocycles. The highest BCUT2D eigenvalue weighted by molar-refractivity contribution is 8.00. The largest absolute Gasteiger partial charge is 0.351 e. The fourth-order valence-corrected chi connectivity index (χ4v) is 3.19. The molecule has 1 fully saturated rings. The molecule has 16 heavy (non-hydrogen) atoms. The standard InChI is InChI=1S/C13H16N2S/c1-16-13(6-7-13)9-15-8-10-4-2-3-5-11(10)12(15)14/h2-5,14H,6-9H2,1H3. The van der Waals surface area contributed by atoms with Gasteiger partial charge in [-0.05, 0) is 24.7 Å². The lowest BCUT2D eigenvalue weighted by molar-refractivity contribution is 0.420. The summed E-state index contributed by atoms with van der Waals surface area (Å²) < 4.78 is 0.453. The zero-order valence-electron chi connectivity index (χ0n) is 9.49. The Morgan fingerprint density at radius 2 is 2.12 bits per heavy atom. The smallest absolute Gasteiger partial charge is 0.128 e. The van der Waals surface area contributed by atoms with Gasteiger partial charge in [-0.15, -0.1) is 0 Å². The van der Waals surface area contributed by atoms with Crippen LogP contribution in [0.1, 0.15) is 24.0 Å². The molecule has 0 amide bonds. The van der Waals surface area contributed by atoms with Crippen LogP contribution in [0.25, 0.3) is 0 Å². The van der Waals surface area contributed by atoms with E-state index in [-0.39, 0.29) is 0 Å². The zero-order chi connectivity index (χ0) is 11.2. The Kier molecular flexibility index (Phi) is 2.25. The molecule has 0 bridgehead atoms. The zero-order valence-corrected chi connectivity index (χ0v) is 10.3. The Morgan fingerprint density at radius 3 is 2.75 bits per heavy atom. The number of amidine groups is 1. The SMILES string of the molecule is CSC1(CN2Cc3ccccc3C2=N)CC1. The monoisotopic (exact) mass is 232 g/mol. The highest BCUT2D eigenvalue weighted by Gasteiger charge is 2.44. The minimum absolute atomic E-state index is 0.453. The number of fused-ring (bicyclic) bond motifs is 1. The van der Waals surface area contributed by atoms with Gasteiger partial charge in [-0.1, -0.05) is 24.3 Å². The van der Waals surface area contributed by atoms with Crippen LogP contribution >= 0.6 is 11.8 Å². The molecule has 0 spiro atoms. The average Bonchev–Trinajstić information content (AvgIpc) is 3.02. The van der Waals surface area contributed by atoms with Gasteiger partial charge in [0.15, 0.2) is 0 Å². The quantitative estimate of drug-likeness (QED) is 0.867. The molecule has 3 rings (SSSR count). The first-order valence-corrected chi connectivity index (χ1v) is 6.93. The molecule has 2 nitrogen and oxygen atoms in total. The highest BCUT2D eigenvalue weighted by atomic mass is 32.2. The van der Waals surface area contributed by atoms with Gasteiger partial charge in [0.25, 0.3) is 0 Å². The maximum atomic E-state index is 8.19. The Labute approximate surface area is 101 Å². The molecule has 0 radical (unpaired) electrons. The Bertz CT molecular complexity index is 437. The van der Waals surface area contributed by atoms with E-state index in [9.17, 15) is 0 Å². The molecule has 0 unspecified atom stereocenters. The van der Waals surface area contributed by atoms with Gasteiger partial charge in [-0.2, -0.15) is 11.8 Å². The molecule has 0 atom stereocenters. The number of hydrogen-bond acceptors (Lipinski definition) is 2. The lowest BCUT2D eigenvalue weighted by atomic mass is 10.1. The number of benzene rings is 1. The molecule has 0 saturated heterocycles. The molecular weight excluding hydrogens is 216 g/mol. The van der Waals surface area contributed by atoms with E-state index < -0.39 is 0 Å². The van der Waals surface area contributed by atoms with Crippen LogP contribution in [0.2, 0.25) is 0 Å². The second-order valence-corrected chi connectivity index (χ2v) is 6.02. The summed E-state index contributed by atoms with van der Waals surface area (Å²) in [5.41, 5.74) is 2.43. The van der Waals surface area contributed by atoms with Gasteiger partial charge >= 0.3 is 0 Å². The molecule has 0 aromatic heterocycles. The second kappa shape index (κ2) is 3.52. The van der Waals surface area contributed by atoms with Crippen LogP contribution in [0, 0.1) is 5.41 Å². The fraction of sp³-hybridized carbons (Fsp3) is 0.462. The Morgan fingerprint density at radius 1 is 1.38 bits per heavy atom. The van der Waals surface area contributed by atoms with Crippen molar-refractivity contribution in [2.45, 2.75) is 24.1 Å². The summed E-state index contributed by atoms with van der Waals surface area (Å²) in [6, 6.07) is 8.30. The lowest BCUT2D eigenvalue weighted by Crippen LogP contribution is -2.32. The van der Waals surface area contributed by atoms with Crippen molar-refractivity contribution in [3.8, 4) is 0 Å². The van der Waals surface area contributed by atoms with Crippen LogP contribution in [0.4, 0.5) is 0 Å². The Hall–Kier alpha value is -0.960. The minimum atomic E-state index is 0.453. The van der Waals surface area contributed by atoms with Crippen LogP contribution < -0.4 is 0 Å². The number of thioether (sulfide) groups is 1. The molecule has 2 aliphatic rings. The minimum Gasteiger partial charge on any atom is -0.351 e. The molecule has 1 heterocycles. The van der Waals surface area contributed by atoms with Gasteiger partial charge in [-0.25, -0.2) is 0 Å². The van der Waals surface area contributed by atoms with Gasteiger partial charge in [0.1, 0.15) is 5.84 Å². The molecule has 84 valence electrons. The first-order chi connectivity index (χ1) is 7.74. The van der Waals surface area contributed by atoms with Gasteiger partial charge in [-0.3, -0.25) is 5.41 Å². The second-order valence-electron chi connectivity index (χ2n) is 4.75. The summed E-state index contributed by atoms with van der Waals surface area (Å²) >= 11 is 1.97. The van der Waals surface area contributed by atoms with E-state index in [1.165, 1.54) is 18.4 Å². The third-order valence-corrected chi connectivity index (χ3v) is 5.07. The summed E-state index contributed by atoms with van der Waals surface area (Å²) in [6.45, 7) is 1.97. The van der Waals surface area contributed by atoms with Crippen LogP contribution in [0.3, 0.4) is 0 Å². The highest BCUT2D eigenvalue weighted by Crippen LogP contribution is 2.48. The third kappa shape index (κ3) is 1.54. The van der Waals surface area contributed by atoms with E-state index in [0.717, 1.165) is 24.5 Å². The summed E-state index contributed by atoms with van der Waals surface area (Å²) in [5.74, 6) is 0.718. The van der Waals surface area contributed by atoms with Crippen molar-refractivity contribution in [1.29, 1.82) is 5.41 Å². The topological polar surface area (TPSA) is 27.1 Å². The predicted octanol–water partition coefficient (Wildman–Crippen LogP) is 2.72. The molecule has 1 N–H and O–H groups in total. The third-order valence-electron chi connectivity index (χ3n) is 3.67. The summed E-state index contributed by atoms with van der Waals surface area (Å²) in [6.07, 6.45) is 4.82. The summed E-state index contributed by atoms with van der Waals surface area (Å²) in [5, 5.41) is 8.19. The van der Waals surface area contributed by atoms with E-state index in [1.54, 1.807) is 0 Å². The molecule has 3 heteroatoms. The molecule has 1 aliphatic carbocycles. The van der Waals surface area contributed by atoms with Crippen LogP contribution in [0.15, 0.2) is 24.3 Å². The predicted molar refractivity (Wildman–Crippen MR) is 69.2 cm³/mol. The molecule has 1 aliphatic heterocycles. The first kappa shape index (κ1) is 10.2. The van der Waals surface area contributed by atoms with Gasteiger partial charge in [0.2, 0.25) is 0 Å². The van der Waals surface area contributed by atoms with Crippen molar-refractivity contribution in [1.82, 2.24) is 4.90 Å². The van der Waals surface area contributed by atoms with E-state index in [1.807, 2.05) is 17.8 Å². The van der Waals surface area contributed by atoms with Crippen molar-refractivity contribution < 1.29 is 0 Å². The van der Waals surface area contributed by atoms with Crippen molar-refractivity contribution in [3.05, 3.63) is 35.4 Å². The van der Waals surface area contributed by atoms with Crippen molar-refractivity contribution >= 4 is 17.6 Å². The van der Waals surface area contributed by atoms with Gasteiger partial charge in [0, 0.05) is 23.4 Å². The van der Waals surface area contributed by atoms with Crippen LogP contribution in [-0.2, 0) is 6.54 Å². The number of rotatable bonds is 3. The van der Waals surface area contributed by atoms with Crippen LogP contribution in [0.5, 0.6) is 0 Å².